The first-order chi connectivity index (χ1) is 12.2. The number of aromatic hydroxyl groups is 1. The lowest BCUT2D eigenvalue weighted by atomic mass is 10.1. The van der Waals surface area contributed by atoms with E-state index in [0.29, 0.717) is 5.58 Å². The van der Waals surface area contributed by atoms with Gasteiger partial charge in [-0.1, -0.05) is 42.1 Å². The summed E-state index contributed by atoms with van der Waals surface area (Å²) in [4.78, 5) is 1.82. The third-order valence-electron chi connectivity index (χ3n) is 3.94. The predicted molar refractivity (Wildman–Crippen MR) is 100 cm³/mol. The Morgan fingerprint density at radius 2 is 1.68 bits per heavy atom. The van der Waals surface area contributed by atoms with E-state index in [1.165, 1.54) is 11.8 Å². The van der Waals surface area contributed by atoms with Gasteiger partial charge in [-0.2, -0.15) is 0 Å². The number of hydrogen-bond donors (Lipinski definition) is 1. The van der Waals surface area contributed by atoms with Crippen molar-refractivity contribution in [1.82, 2.24) is 0 Å². The van der Waals surface area contributed by atoms with E-state index in [9.17, 15) is 5.11 Å². The van der Waals surface area contributed by atoms with E-state index in [1.807, 2.05) is 66.7 Å². The maximum absolute atomic E-state index is 10.3. The molecule has 0 aliphatic rings. The second-order valence-corrected chi connectivity index (χ2v) is 6.73. The Morgan fingerprint density at radius 3 is 2.40 bits per heavy atom. The number of phenols is 1. The Bertz CT molecular complexity index is 1000. The van der Waals surface area contributed by atoms with Gasteiger partial charge in [-0.05, 0) is 36.4 Å². The molecule has 3 aromatic carbocycles. The molecule has 0 fully saturated rings. The van der Waals surface area contributed by atoms with E-state index in [0.717, 1.165) is 32.3 Å². The number of fused-ring (bicyclic) bond motifs is 1. The fourth-order valence-corrected chi connectivity index (χ4v) is 3.53. The largest absolute Gasteiger partial charge is 0.507 e. The highest BCUT2D eigenvalue weighted by atomic mass is 32.2. The van der Waals surface area contributed by atoms with Crippen molar-refractivity contribution in [3.05, 3.63) is 72.8 Å². The van der Waals surface area contributed by atoms with E-state index < -0.39 is 0 Å². The molecule has 0 saturated heterocycles. The Hall–Kier alpha value is -2.85. The van der Waals surface area contributed by atoms with Crippen LogP contribution in [0.5, 0.6) is 11.5 Å². The van der Waals surface area contributed by atoms with Gasteiger partial charge in [0, 0.05) is 21.9 Å². The van der Waals surface area contributed by atoms with Crippen molar-refractivity contribution in [2.24, 2.45) is 0 Å². The molecule has 1 aromatic heterocycles. The highest BCUT2D eigenvalue weighted by molar-refractivity contribution is 7.99. The summed E-state index contributed by atoms with van der Waals surface area (Å²) in [6.07, 6.45) is 0. The molecular weight excluding hydrogens is 332 g/mol. The zero-order chi connectivity index (χ0) is 17.2. The Balaban J connectivity index is 1.68. The first-order valence-corrected chi connectivity index (χ1v) is 8.68. The van der Waals surface area contributed by atoms with Gasteiger partial charge in [-0.3, -0.25) is 0 Å². The van der Waals surface area contributed by atoms with E-state index in [-0.39, 0.29) is 5.75 Å². The van der Waals surface area contributed by atoms with Gasteiger partial charge >= 0.3 is 0 Å². The van der Waals surface area contributed by atoms with Crippen molar-refractivity contribution < 1.29 is 14.3 Å². The molecule has 0 spiro atoms. The maximum atomic E-state index is 10.3. The van der Waals surface area contributed by atoms with Crippen LogP contribution in [0.15, 0.2) is 87.0 Å². The molecule has 124 valence electrons. The summed E-state index contributed by atoms with van der Waals surface area (Å²) in [6.45, 7) is 0. The average molecular weight is 348 g/mol. The molecule has 0 atom stereocenters. The van der Waals surface area contributed by atoms with Crippen LogP contribution in [0.2, 0.25) is 0 Å². The Kier molecular flexibility index (Phi) is 4.12. The second kappa shape index (κ2) is 6.57. The topological polar surface area (TPSA) is 42.6 Å². The fraction of sp³-hybridized carbons (Fsp3) is 0.0476. The lowest BCUT2D eigenvalue weighted by Crippen LogP contribution is -1.81. The molecular formula is C21H16O3S. The lowest BCUT2D eigenvalue weighted by molar-refractivity contribution is 0.414. The minimum Gasteiger partial charge on any atom is -0.507 e. The van der Waals surface area contributed by atoms with Crippen LogP contribution in [0.3, 0.4) is 0 Å². The highest BCUT2D eigenvalue weighted by Crippen LogP contribution is 2.39. The van der Waals surface area contributed by atoms with Crippen LogP contribution in [-0.2, 0) is 0 Å². The molecule has 1 N–H and O–H groups in total. The summed E-state index contributed by atoms with van der Waals surface area (Å²) in [5, 5.41) is 11.3. The van der Waals surface area contributed by atoms with Crippen molar-refractivity contribution >= 4 is 22.7 Å². The van der Waals surface area contributed by atoms with Gasteiger partial charge in [0.25, 0.3) is 0 Å². The smallest absolute Gasteiger partial charge is 0.138 e. The first-order valence-electron chi connectivity index (χ1n) is 7.87. The molecule has 4 rings (SSSR count). The molecule has 3 nitrogen and oxygen atoms in total. The van der Waals surface area contributed by atoms with Gasteiger partial charge in [0.15, 0.2) is 0 Å². The molecule has 0 amide bonds. The number of hydrogen-bond acceptors (Lipinski definition) is 4. The molecule has 25 heavy (non-hydrogen) atoms. The average Bonchev–Trinajstić information content (AvgIpc) is 3.06. The number of rotatable bonds is 4. The summed E-state index contributed by atoms with van der Waals surface area (Å²) >= 11 is 1.51. The number of ether oxygens (including phenoxy) is 1. The molecule has 0 aliphatic heterocycles. The highest BCUT2D eigenvalue weighted by Gasteiger charge is 2.11. The fourth-order valence-electron chi connectivity index (χ4n) is 2.65. The predicted octanol–water partition coefficient (Wildman–Crippen LogP) is 5.97. The number of benzene rings is 3. The lowest BCUT2D eigenvalue weighted by Gasteiger charge is -2.05. The van der Waals surface area contributed by atoms with Crippen molar-refractivity contribution in [3.8, 4) is 22.8 Å². The molecule has 0 aliphatic carbocycles. The van der Waals surface area contributed by atoms with Crippen LogP contribution in [-0.4, -0.2) is 12.2 Å². The summed E-state index contributed by atoms with van der Waals surface area (Å²) in [7, 11) is 1.64. The number of methoxy groups -OCH3 is 1. The zero-order valence-corrected chi connectivity index (χ0v) is 14.4. The molecule has 4 aromatic rings. The Morgan fingerprint density at radius 1 is 0.920 bits per heavy atom. The number of phenolic OH excluding ortho intramolecular Hbond substituents is 1. The quantitative estimate of drug-likeness (QED) is 0.494. The third kappa shape index (κ3) is 3.21. The molecule has 0 bridgehead atoms. The van der Waals surface area contributed by atoms with Crippen LogP contribution in [0.4, 0.5) is 0 Å². The SMILES string of the molecule is COc1ccc(Sc2cc3cc(-c4ccccc4)oc3cc2O)cc1. The van der Waals surface area contributed by atoms with Gasteiger partial charge < -0.3 is 14.3 Å². The molecule has 0 saturated carbocycles. The van der Waals surface area contributed by atoms with Crippen LogP contribution in [0.1, 0.15) is 0 Å². The zero-order valence-electron chi connectivity index (χ0n) is 13.6. The van der Waals surface area contributed by atoms with E-state index in [4.69, 9.17) is 9.15 Å². The van der Waals surface area contributed by atoms with Gasteiger partial charge in [0.1, 0.15) is 22.8 Å². The van der Waals surface area contributed by atoms with Crippen LogP contribution in [0.25, 0.3) is 22.3 Å². The van der Waals surface area contributed by atoms with Gasteiger partial charge in [0.05, 0.1) is 12.0 Å². The van der Waals surface area contributed by atoms with Crippen LogP contribution < -0.4 is 4.74 Å². The summed E-state index contributed by atoms with van der Waals surface area (Å²) in [6, 6.07) is 23.3. The van der Waals surface area contributed by atoms with E-state index in [2.05, 4.69) is 0 Å². The van der Waals surface area contributed by atoms with Crippen LogP contribution in [0, 0.1) is 0 Å². The normalized spacial score (nSPS) is 10.9. The van der Waals surface area contributed by atoms with Crippen molar-refractivity contribution in [1.29, 1.82) is 0 Å². The van der Waals surface area contributed by atoms with E-state index in [1.54, 1.807) is 13.2 Å². The van der Waals surface area contributed by atoms with E-state index >= 15 is 0 Å². The second-order valence-electron chi connectivity index (χ2n) is 5.61. The first kappa shape index (κ1) is 15.7. The Labute approximate surface area is 149 Å². The summed E-state index contributed by atoms with van der Waals surface area (Å²) in [5.74, 6) is 1.82. The standard InChI is InChI=1S/C21H16O3S/c1-23-16-7-9-17(10-8-16)25-21-12-15-11-19(14-5-3-2-4-6-14)24-20(15)13-18(21)22/h2-13,22H,1H3. The van der Waals surface area contributed by atoms with Crippen molar-refractivity contribution in [2.75, 3.05) is 7.11 Å². The molecule has 1 heterocycles. The summed E-state index contributed by atoms with van der Waals surface area (Å²) < 4.78 is 11.1. The van der Waals surface area contributed by atoms with Gasteiger partial charge in [-0.15, -0.1) is 0 Å². The molecule has 0 radical (unpaired) electrons. The van der Waals surface area contributed by atoms with Crippen LogP contribution >= 0.6 is 11.8 Å². The van der Waals surface area contributed by atoms with Crippen molar-refractivity contribution in [3.63, 3.8) is 0 Å². The summed E-state index contributed by atoms with van der Waals surface area (Å²) in [5.41, 5.74) is 1.69. The minimum atomic E-state index is 0.210. The number of furan rings is 1. The van der Waals surface area contributed by atoms with Crippen molar-refractivity contribution in [2.45, 2.75) is 9.79 Å². The molecule has 4 heteroatoms. The monoisotopic (exact) mass is 348 g/mol. The maximum Gasteiger partial charge on any atom is 0.138 e. The third-order valence-corrected chi connectivity index (χ3v) is 5.00. The molecule has 0 unspecified atom stereocenters. The van der Waals surface area contributed by atoms with Gasteiger partial charge in [0.2, 0.25) is 0 Å². The van der Waals surface area contributed by atoms with Gasteiger partial charge in [-0.25, -0.2) is 0 Å². The minimum absolute atomic E-state index is 0.210.